The third-order valence-corrected chi connectivity index (χ3v) is 5.29. The Balaban J connectivity index is 1.75. The smallest absolute Gasteiger partial charge is 0.191 e. The van der Waals surface area contributed by atoms with E-state index >= 15 is 0 Å². The molecule has 2 N–H and O–H groups in total. The monoisotopic (exact) mass is 364 g/mol. The molecule has 3 unspecified atom stereocenters. The molecule has 2 fully saturated rings. The van der Waals surface area contributed by atoms with Gasteiger partial charge in [-0.1, -0.05) is 36.7 Å². The van der Waals surface area contributed by atoms with Crippen LogP contribution in [0.2, 0.25) is 5.02 Å². The number of hydrogen-bond donors (Lipinski definition) is 2. The van der Waals surface area contributed by atoms with E-state index in [1.54, 1.807) is 0 Å². The number of morpholine rings is 1. The molecule has 1 aromatic rings. The fraction of sp³-hybridized carbons (Fsp3) is 0.632. The molecule has 138 valence electrons. The summed E-state index contributed by atoms with van der Waals surface area (Å²) in [6.07, 6.45) is 1.22. The van der Waals surface area contributed by atoms with Crippen molar-refractivity contribution in [2.24, 2.45) is 10.9 Å². The largest absolute Gasteiger partial charge is 0.379 e. The van der Waals surface area contributed by atoms with Gasteiger partial charge in [-0.3, -0.25) is 9.89 Å². The lowest BCUT2D eigenvalue weighted by Gasteiger charge is -2.34. The standard InChI is InChI=1S/C19H29ClN4O/c1-3-21-19(23-17-12-14(17)2)22-13-18(24-8-10-25-11-9-24)15-6-4-5-7-16(15)20/h4-7,14,17-18H,3,8-13H2,1-2H3,(H2,21,22,23). The van der Waals surface area contributed by atoms with Crippen molar-refractivity contribution in [2.75, 3.05) is 39.4 Å². The van der Waals surface area contributed by atoms with Crippen LogP contribution in [0.25, 0.3) is 0 Å². The Labute approximate surface area is 155 Å². The maximum absolute atomic E-state index is 6.49. The van der Waals surface area contributed by atoms with Crippen molar-refractivity contribution in [3.63, 3.8) is 0 Å². The molecule has 3 atom stereocenters. The van der Waals surface area contributed by atoms with Gasteiger partial charge in [0, 0.05) is 30.7 Å². The maximum atomic E-state index is 6.49. The van der Waals surface area contributed by atoms with Crippen LogP contribution in [0.5, 0.6) is 0 Å². The molecule has 0 bridgehead atoms. The van der Waals surface area contributed by atoms with Crippen LogP contribution in [0.4, 0.5) is 0 Å². The molecular weight excluding hydrogens is 336 g/mol. The molecule has 1 heterocycles. The molecule has 1 saturated carbocycles. The van der Waals surface area contributed by atoms with Crippen molar-refractivity contribution in [1.82, 2.24) is 15.5 Å². The van der Waals surface area contributed by atoms with Crippen LogP contribution in [0.15, 0.2) is 29.3 Å². The van der Waals surface area contributed by atoms with E-state index in [2.05, 4.69) is 35.4 Å². The number of ether oxygens (including phenoxy) is 1. The molecule has 0 aromatic heterocycles. The Kier molecular flexibility index (Phi) is 6.57. The van der Waals surface area contributed by atoms with Gasteiger partial charge < -0.3 is 15.4 Å². The predicted molar refractivity (Wildman–Crippen MR) is 103 cm³/mol. The summed E-state index contributed by atoms with van der Waals surface area (Å²) in [5, 5.41) is 7.70. The van der Waals surface area contributed by atoms with Crippen molar-refractivity contribution in [3.05, 3.63) is 34.9 Å². The number of nitrogens with one attached hydrogen (secondary N) is 2. The highest BCUT2D eigenvalue weighted by Gasteiger charge is 2.33. The summed E-state index contributed by atoms with van der Waals surface area (Å²) >= 11 is 6.49. The lowest BCUT2D eigenvalue weighted by Crippen LogP contribution is -2.42. The highest BCUT2D eigenvalue weighted by atomic mass is 35.5. The second kappa shape index (κ2) is 8.88. The Bertz CT molecular complexity index is 589. The quantitative estimate of drug-likeness (QED) is 0.602. The first-order valence-corrected chi connectivity index (χ1v) is 9.68. The molecule has 1 aliphatic carbocycles. The minimum Gasteiger partial charge on any atom is -0.379 e. The summed E-state index contributed by atoms with van der Waals surface area (Å²) in [6, 6.07) is 8.83. The molecule has 1 saturated heterocycles. The fourth-order valence-corrected chi connectivity index (χ4v) is 3.50. The summed E-state index contributed by atoms with van der Waals surface area (Å²) in [6.45, 7) is 9.26. The molecule has 0 radical (unpaired) electrons. The van der Waals surface area contributed by atoms with E-state index in [4.69, 9.17) is 21.3 Å². The van der Waals surface area contributed by atoms with Crippen LogP contribution < -0.4 is 10.6 Å². The molecule has 3 rings (SSSR count). The van der Waals surface area contributed by atoms with Gasteiger partial charge in [-0.25, -0.2) is 0 Å². The van der Waals surface area contributed by atoms with Crippen molar-refractivity contribution in [3.8, 4) is 0 Å². The van der Waals surface area contributed by atoms with Crippen LogP contribution >= 0.6 is 11.6 Å². The van der Waals surface area contributed by atoms with Gasteiger partial charge in [-0.2, -0.15) is 0 Å². The van der Waals surface area contributed by atoms with Gasteiger partial charge in [0.05, 0.1) is 25.8 Å². The molecule has 2 aliphatic rings. The second-order valence-corrected chi connectivity index (χ2v) is 7.28. The molecule has 1 aliphatic heterocycles. The third-order valence-electron chi connectivity index (χ3n) is 4.95. The molecular formula is C19H29ClN4O. The van der Waals surface area contributed by atoms with E-state index in [1.807, 2.05) is 18.2 Å². The highest BCUT2D eigenvalue weighted by molar-refractivity contribution is 6.31. The Morgan fingerprint density at radius 2 is 2.08 bits per heavy atom. The first-order valence-electron chi connectivity index (χ1n) is 9.30. The number of hydrogen-bond acceptors (Lipinski definition) is 3. The van der Waals surface area contributed by atoms with Crippen LogP contribution in [-0.4, -0.2) is 56.3 Å². The molecule has 25 heavy (non-hydrogen) atoms. The van der Waals surface area contributed by atoms with Crippen LogP contribution in [-0.2, 0) is 4.74 Å². The Morgan fingerprint density at radius 3 is 2.72 bits per heavy atom. The van der Waals surface area contributed by atoms with E-state index in [1.165, 1.54) is 6.42 Å². The fourth-order valence-electron chi connectivity index (χ4n) is 3.24. The zero-order chi connectivity index (χ0) is 17.6. The first-order chi connectivity index (χ1) is 12.2. The van der Waals surface area contributed by atoms with Crippen LogP contribution in [0, 0.1) is 5.92 Å². The molecule has 0 spiro atoms. The van der Waals surface area contributed by atoms with Gasteiger partial charge in [0.2, 0.25) is 0 Å². The van der Waals surface area contributed by atoms with E-state index in [-0.39, 0.29) is 6.04 Å². The summed E-state index contributed by atoms with van der Waals surface area (Å²) in [5.74, 6) is 1.64. The second-order valence-electron chi connectivity index (χ2n) is 6.87. The van der Waals surface area contributed by atoms with Gasteiger partial charge in [0.15, 0.2) is 5.96 Å². The number of rotatable bonds is 6. The SMILES string of the molecule is CCNC(=NCC(c1ccccc1Cl)N1CCOCC1)NC1CC1C. The normalized spacial score (nSPS) is 25.5. The summed E-state index contributed by atoms with van der Waals surface area (Å²) in [7, 11) is 0. The van der Waals surface area contributed by atoms with Crippen molar-refractivity contribution < 1.29 is 4.74 Å². The van der Waals surface area contributed by atoms with Crippen molar-refractivity contribution in [1.29, 1.82) is 0 Å². The van der Waals surface area contributed by atoms with Gasteiger partial charge in [-0.05, 0) is 30.9 Å². The first kappa shape index (κ1) is 18.5. The minimum absolute atomic E-state index is 0.171. The topological polar surface area (TPSA) is 48.9 Å². The molecule has 0 amide bonds. The molecule has 6 heteroatoms. The number of halogens is 1. The average Bonchev–Trinajstić information content (AvgIpc) is 3.32. The number of aliphatic imine (C=N–C) groups is 1. The molecule has 5 nitrogen and oxygen atoms in total. The predicted octanol–water partition coefficient (Wildman–Crippen LogP) is 2.68. The van der Waals surface area contributed by atoms with Crippen molar-refractivity contribution >= 4 is 17.6 Å². The summed E-state index contributed by atoms with van der Waals surface area (Å²) in [5.41, 5.74) is 1.14. The number of benzene rings is 1. The van der Waals surface area contributed by atoms with Gasteiger partial charge in [0.1, 0.15) is 0 Å². The van der Waals surface area contributed by atoms with Crippen LogP contribution in [0.3, 0.4) is 0 Å². The summed E-state index contributed by atoms with van der Waals surface area (Å²) < 4.78 is 5.52. The number of nitrogens with zero attached hydrogens (tertiary/aromatic N) is 2. The molecule has 1 aromatic carbocycles. The maximum Gasteiger partial charge on any atom is 0.191 e. The Hall–Kier alpha value is -1.30. The van der Waals surface area contributed by atoms with Gasteiger partial charge >= 0.3 is 0 Å². The lowest BCUT2D eigenvalue weighted by molar-refractivity contribution is 0.0180. The van der Waals surface area contributed by atoms with Crippen molar-refractivity contribution in [2.45, 2.75) is 32.4 Å². The van der Waals surface area contributed by atoms with Gasteiger partial charge in [0.25, 0.3) is 0 Å². The lowest BCUT2D eigenvalue weighted by atomic mass is 10.0. The van der Waals surface area contributed by atoms with E-state index in [0.29, 0.717) is 12.6 Å². The highest BCUT2D eigenvalue weighted by Crippen LogP contribution is 2.30. The zero-order valence-electron chi connectivity index (χ0n) is 15.2. The summed E-state index contributed by atoms with van der Waals surface area (Å²) in [4.78, 5) is 7.30. The van der Waals surface area contributed by atoms with E-state index in [0.717, 1.165) is 55.3 Å². The van der Waals surface area contributed by atoms with Gasteiger partial charge in [-0.15, -0.1) is 0 Å². The van der Waals surface area contributed by atoms with E-state index in [9.17, 15) is 0 Å². The minimum atomic E-state index is 0.171. The number of guanidine groups is 1. The zero-order valence-corrected chi connectivity index (χ0v) is 15.9. The van der Waals surface area contributed by atoms with Crippen LogP contribution in [0.1, 0.15) is 31.9 Å². The Morgan fingerprint density at radius 1 is 1.36 bits per heavy atom. The van der Waals surface area contributed by atoms with E-state index < -0.39 is 0 Å². The average molecular weight is 365 g/mol. The third kappa shape index (κ3) is 5.09.